The van der Waals surface area contributed by atoms with Crippen molar-refractivity contribution in [2.24, 2.45) is 23.7 Å². The van der Waals surface area contributed by atoms with E-state index in [1.165, 1.54) is 18.2 Å². The lowest BCUT2D eigenvalue weighted by Gasteiger charge is -2.43. The van der Waals surface area contributed by atoms with E-state index in [2.05, 4.69) is 99.1 Å². The third kappa shape index (κ3) is 16.4. The van der Waals surface area contributed by atoms with Crippen molar-refractivity contribution in [1.82, 2.24) is 0 Å². The molecule has 0 bridgehead atoms. The van der Waals surface area contributed by atoms with Crippen LogP contribution in [0.4, 0.5) is 0 Å². The predicted octanol–water partition coefficient (Wildman–Crippen LogP) is 9.68. The number of methoxy groups -OCH3 is 1. The molecule has 2 rings (SSSR count). The molecule has 1 unspecified atom stereocenters. The number of aliphatic hydroxyl groups is 1. The monoisotopic (exact) mass is 701 g/mol. The molecule has 0 radical (unpaired) electrons. The highest BCUT2D eigenvalue weighted by molar-refractivity contribution is 6.74. The predicted molar refractivity (Wildman–Crippen MR) is 207 cm³/mol. The van der Waals surface area contributed by atoms with Gasteiger partial charge in [0.15, 0.2) is 8.32 Å². The molecule has 0 amide bonds. The SMILES string of the molecule is CCCCC(C)(C/C=C/[C@H]1[C@H](O)CC(=O)[C@@H]1CCCCCCC(=O)OC)O[Si](CCc1ccc(C[N+](C)(C)C)cc1)(CC(C)C)CC(C)C. The maximum absolute atomic E-state index is 12.9. The highest BCUT2D eigenvalue weighted by atomic mass is 28.4. The second kappa shape index (κ2) is 20.9. The summed E-state index contributed by atoms with van der Waals surface area (Å²) >= 11 is 0. The standard InChI is InChI=1S/C42H74NO5Si/c1-11-12-26-42(6,27-17-19-38-37(39(44)29-40(38)45)18-15-13-14-16-20-41(46)47-10)48-49(31-33(2)3,32-34(4)5)28-25-35-21-23-36(24-22-35)30-43(7,8)9/h17,19,21-24,33-34,37-38,40,45H,11-16,18,20,25-32H2,1-10H3/q+1/b19-17+/t37-,38-,40-,42?/m1/s1. The maximum Gasteiger partial charge on any atom is 0.305 e. The van der Waals surface area contributed by atoms with Gasteiger partial charge >= 0.3 is 5.97 Å². The summed E-state index contributed by atoms with van der Waals surface area (Å²) in [6.45, 7) is 15.0. The van der Waals surface area contributed by atoms with Gasteiger partial charge in [0.2, 0.25) is 0 Å². The van der Waals surface area contributed by atoms with Gasteiger partial charge in [0.05, 0.1) is 40.0 Å². The molecule has 0 saturated heterocycles. The number of hydrogen-bond donors (Lipinski definition) is 1. The number of benzene rings is 1. The van der Waals surface area contributed by atoms with E-state index in [4.69, 9.17) is 9.16 Å². The number of esters is 1. The summed E-state index contributed by atoms with van der Waals surface area (Å²) in [4.78, 5) is 24.3. The Morgan fingerprint density at radius 2 is 1.61 bits per heavy atom. The molecule has 4 atom stereocenters. The second-order valence-corrected chi connectivity index (χ2v) is 21.3. The number of hydrogen-bond acceptors (Lipinski definition) is 5. The van der Waals surface area contributed by atoms with Gasteiger partial charge in [0.25, 0.3) is 0 Å². The molecule has 1 aromatic carbocycles. The zero-order chi connectivity index (χ0) is 36.7. The summed E-state index contributed by atoms with van der Waals surface area (Å²) in [5.41, 5.74) is 2.51. The molecule has 1 N–H and O–H groups in total. The van der Waals surface area contributed by atoms with Gasteiger partial charge in [-0.25, -0.2) is 0 Å². The van der Waals surface area contributed by atoms with Crippen LogP contribution in [0.2, 0.25) is 18.1 Å². The van der Waals surface area contributed by atoms with Crippen LogP contribution >= 0.6 is 0 Å². The van der Waals surface area contributed by atoms with Crippen LogP contribution in [0.3, 0.4) is 0 Å². The molecule has 6 nitrogen and oxygen atoms in total. The first-order chi connectivity index (χ1) is 23.0. The van der Waals surface area contributed by atoms with Crippen LogP contribution in [-0.4, -0.2) is 69.6 Å². The Bertz CT molecular complexity index is 1130. The lowest BCUT2D eigenvalue weighted by atomic mass is 9.87. The van der Waals surface area contributed by atoms with Crippen molar-refractivity contribution in [2.45, 2.75) is 155 Å². The van der Waals surface area contributed by atoms with Crippen LogP contribution in [0.15, 0.2) is 36.4 Å². The van der Waals surface area contributed by atoms with Gasteiger partial charge in [-0.05, 0) is 74.6 Å². The molecule has 0 heterocycles. The topological polar surface area (TPSA) is 72.8 Å². The molecule has 49 heavy (non-hydrogen) atoms. The normalized spacial score (nSPS) is 20.1. The number of aryl methyl sites for hydroxylation is 1. The summed E-state index contributed by atoms with van der Waals surface area (Å²) in [7, 11) is 5.97. The average Bonchev–Trinajstić information content (AvgIpc) is 3.27. The second-order valence-electron chi connectivity index (χ2n) is 17.4. The number of carbonyl (C=O) groups excluding carboxylic acids is 2. The Labute approximate surface area is 302 Å². The number of unbranched alkanes of at least 4 members (excludes halogenated alkanes) is 4. The van der Waals surface area contributed by atoms with Crippen LogP contribution in [0, 0.1) is 23.7 Å². The van der Waals surface area contributed by atoms with Crippen molar-refractivity contribution in [3.8, 4) is 0 Å². The fourth-order valence-corrected chi connectivity index (χ4v) is 13.9. The molecule has 280 valence electrons. The summed E-state index contributed by atoms with van der Waals surface area (Å²) in [5, 5.41) is 10.9. The molecule has 0 aromatic heterocycles. The minimum Gasteiger partial charge on any atom is -0.469 e. The van der Waals surface area contributed by atoms with Gasteiger partial charge in [-0.1, -0.05) is 103 Å². The van der Waals surface area contributed by atoms with Gasteiger partial charge in [-0.2, -0.15) is 0 Å². The number of aliphatic hydroxyl groups excluding tert-OH is 1. The van der Waals surface area contributed by atoms with Crippen molar-refractivity contribution < 1.29 is 28.3 Å². The molecule has 0 spiro atoms. The molecule has 1 aliphatic carbocycles. The summed E-state index contributed by atoms with van der Waals surface area (Å²) in [6.07, 6.45) is 14.1. The van der Waals surface area contributed by atoms with E-state index in [0.29, 0.717) is 18.3 Å². The van der Waals surface area contributed by atoms with E-state index in [1.807, 2.05) is 0 Å². The summed E-state index contributed by atoms with van der Waals surface area (Å²) < 4.78 is 13.3. The Kier molecular flexibility index (Phi) is 18.5. The Balaban J connectivity index is 2.21. The number of Topliss-reactive ketones (excluding diaryl/α,β-unsaturated/α-hetero) is 1. The van der Waals surface area contributed by atoms with Gasteiger partial charge in [-0.15, -0.1) is 0 Å². The fourth-order valence-electron chi connectivity index (χ4n) is 8.07. The molecule has 1 saturated carbocycles. The molecule has 7 heteroatoms. The zero-order valence-electron chi connectivity index (χ0n) is 33.2. The number of quaternary nitrogens is 1. The number of ether oxygens (including phenoxy) is 1. The van der Waals surface area contributed by atoms with Crippen molar-refractivity contribution >= 4 is 20.1 Å². The minimum atomic E-state index is -2.17. The van der Waals surface area contributed by atoms with Gasteiger partial charge in [0.1, 0.15) is 12.3 Å². The minimum absolute atomic E-state index is 0.126. The van der Waals surface area contributed by atoms with E-state index in [0.717, 1.165) is 93.4 Å². The Morgan fingerprint density at radius 1 is 1.00 bits per heavy atom. The van der Waals surface area contributed by atoms with Crippen LogP contribution in [-0.2, 0) is 31.7 Å². The first-order valence-electron chi connectivity index (χ1n) is 19.5. The van der Waals surface area contributed by atoms with Gasteiger partial charge in [0, 0.05) is 30.2 Å². The summed E-state index contributed by atoms with van der Waals surface area (Å²) in [5.74, 6) is 0.911. The Hall–Kier alpha value is -1.80. The average molecular weight is 701 g/mol. The Morgan fingerprint density at radius 3 is 2.18 bits per heavy atom. The highest BCUT2D eigenvalue weighted by Gasteiger charge is 2.43. The van der Waals surface area contributed by atoms with Crippen molar-refractivity contribution in [1.29, 1.82) is 0 Å². The van der Waals surface area contributed by atoms with Crippen LogP contribution in [0.1, 0.15) is 123 Å². The van der Waals surface area contributed by atoms with E-state index in [1.54, 1.807) is 0 Å². The number of carbonyl (C=O) groups is 2. The molecule has 1 fully saturated rings. The van der Waals surface area contributed by atoms with Crippen molar-refractivity contribution in [3.05, 3.63) is 47.5 Å². The van der Waals surface area contributed by atoms with Crippen LogP contribution in [0.25, 0.3) is 0 Å². The largest absolute Gasteiger partial charge is 0.469 e. The van der Waals surface area contributed by atoms with Gasteiger partial charge in [-0.3, -0.25) is 9.59 Å². The number of rotatable bonds is 24. The highest BCUT2D eigenvalue weighted by Crippen LogP contribution is 2.39. The summed E-state index contributed by atoms with van der Waals surface area (Å²) in [6, 6.07) is 12.7. The van der Waals surface area contributed by atoms with E-state index in [9.17, 15) is 14.7 Å². The van der Waals surface area contributed by atoms with Crippen LogP contribution < -0.4 is 0 Å². The van der Waals surface area contributed by atoms with Crippen molar-refractivity contribution in [3.63, 3.8) is 0 Å². The first kappa shape index (κ1) is 43.4. The third-order valence-corrected chi connectivity index (χ3v) is 15.4. The molecule has 1 aliphatic rings. The zero-order valence-corrected chi connectivity index (χ0v) is 34.2. The fraction of sp³-hybridized carbons (Fsp3) is 0.762. The molecule has 1 aromatic rings. The molecule has 0 aliphatic heterocycles. The molecular weight excluding hydrogens is 627 g/mol. The lowest BCUT2D eigenvalue weighted by Crippen LogP contribution is -2.49. The first-order valence-corrected chi connectivity index (χ1v) is 22.1. The quantitative estimate of drug-likeness (QED) is 0.0382. The molecular formula is C42H74NO5Si+. The lowest BCUT2D eigenvalue weighted by molar-refractivity contribution is -0.884. The maximum atomic E-state index is 12.9. The smallest absolute Gasteiger partial charge is 0.305 e. The van der Waals surface area contributed by atoms with E-state index in [-0.39, 0.29) is 35.6 Å². The van der Waals surface area contributed by atoms with Gasteiger partial charge < -0.3 is 18.8 Å². The van der Waals surface area contributed by atoms with Crippen LogP contribution in [0.5, 0.6) is 0 Å². The van der Waals surface area contributed by atoms with Crippen molar-refractivity contribution in [2.75, 3.05) is 28.3 Å². The third-order valence-electron chi connectivity index (χ3n) is 10.1. The van der Waals surface area contributed by atoms with E-state index < -0.39 is 14.4 Å². The van der Waals surface area contributed by atoms with E-state index >= 15 is 0 Å². The number of nitrogens with zero attached hydrogens (tertiary/aromatic N) is 1. The number of ketones is 1.